The van der Waals surface area contributed by atoms with Gasteiger partial charge in [-0.1, -0.05) is 62.0 Å². The predicted molar refractivity (Wildman–Crippen MR) is 124 cm³/mol. The molecule has 4 nitrogen and oxygen atoms in total. The van der Waals surface area contributed by atoms with Crippen LogP contribution in [0.3, 0.4) is 0 Å². The van der Waals surface area contributed by atoms with Gasteiger partial charge in [-0.05, 0) is 62.7 Å². The molecule has 0 aromatic rings. The number of allylic oxidation sites excluding steroid dienone is 10. The van der Waals surface area contributed by atoms with Crippen molar-refractivity contribution >= 4 is 12.7 Å². The third-order valence-electron chi connectivity index (χ3n) is 4.86. The zero-order valence-electron chi connectivity index (χ0n) is 18.4. The van der Waals surface area contributed by atoms with Gasteiger partial charge in [-0.25, -0.2) is 5.43 Å². The monoisotopic (exact) mass is 380 g/mol. The Kier molecular flexibility index (Phi) is 9.43. The Hall–Kier alpha value is -2.62. The molecule has 0 unspecified atom stereocenters. The third-order valence-corrected chi connectivity index (χ3v) is 4.86. The first-order valence-electron chi connectivity index (χ1n) is 9.75. The highest BCUT2D eigenvalue weighted by molar-refractivity contribution is 5.81. The molecule has 4 heteroatoms. The highest BCUT2D eigenvalue weighted by Crippen LogP contribution is 2.40. The predicted octanol–water partition coefficient (Wildman–Crippen LogP) is 5.81. The summed E-state index contributed by atoms with van der Waals surface area (Å²) in [6.07, 6.45) is 16.5. The van der Waals surface area contributed by atoms with E-state index in [0.717, 1.165) is 11.3 Å². The quantitative estimate of drug-likeness (QED) is 0.253. The van der Waals surface area contributed by atoms with E-state index in [2.05, 4.69) is 92.2 Å². The van der Waals surface area contributed by atoms with Crippen LogP contribution in [0.5, 0.6) is 0 Å². The molecular weight excluding hydrogens is 344 g/mol. The minimum absolute atomic E-state index is 0.276. The maximum Gasteiger partial charge on any atom is 0.216 e. The van der Waals surface area contributed by atoms with Crippen LogP contribution in [0, 0.1) is 5.41 Å². The SMILES string of the molecule is C=NNC(=NC)NC(=C)/C=C(C)/C=C/C=C(C)/C=C/C1=C(C)CCCC1(C)C. The Morgan fingerprint density at radius 1 is 1.18 bits per heavy atom. The lowest BCUT2D eigenvalue weighted by atomic mass is 9.72. The zero-order valence-corrected chi connectivity index (χ0v) is 18.4. The molecule has 0 heterocycles. The van der Waals surface area contributed by atoms with Gasteiger partial charge in [-0.2, -0.15) is 5.10 Å². The van der Waals surface area contributed by atoms with Gasteiger partial charge in [-0.3, -0.25) is 4.99 Å². The number of aliphatic imine (C=N–C) groups is 1. The highest BCUT2D eigenvalue weighted by atomic mass is 15.4. The number of rotatable bonds is 7. The van der Waals surface area contributed by atoms with E-state index in [4.69, 9.17) is 0 Å². The molecular formula is C24H36N4. The van der Waals surface area contributed by atoms with E-state index in [9.17, 15) is 0 Å². The van der Waals surface area contributed by atoms with Crippen molar-refractivity contribution in [3.05, 3.63) is 71.0 Å². The summed E-state index contributed by atoms with van der Waals surface area (Å²) < 4.78 is 0. The second-order valence-corrected chi connectivity index (χ2v) is 7.92. The molecule has 1 aliphatic carbocycles. The number of hydrogen-bond donors (Lipinski definition) is 2. The Morgan fingerprint density at radius 3 is 2.50 bits per heavy atom. The summed E-state index contributed by atoms with van der Waals surface area (Å²) in [4.78, 5) is 4.02. The molecule has 0 spiro atoms. The van der Waals surface area contributed by atoms with Gasteiger partial charge in [0.1, 0.15) is 0 Å². The van der Waals surface area contributed by atoms with E-state index in [1.165, 1.54) is 36.0 Å². The molecule has 0 fully saturated rings. The van der Waals surface area contributed by atoms with E-state index in [0.29, 0.717) is 5.96 Å². The minimum atomic E-state index is 0.276. The normalized spacial score (nSPS) is 18.7. The molecule has 1 aliphatic rings. The van der Waals surface area contributed by atoms with Crippen molar-refractivity contribution in [1.82, 2.24) is 10.7 Å². The summed E-state index contributed by atoms with van der Waals surface area (Å²) >= 11 is 0. The fourth-order valence-corrected chi connectivity index (χ4v) is 3.35. The van der Waals surface area contributed by atoms with Gasteiger partial charge in [0.05, 0.1) is 0 Å². The molecule has 0 radical (unpaired) electrons. The lowest BCUT2D eigenvalue weighted by Crippen LogP contribution is -2.32. The second kappa shape index (κ2) is 11.3. The minimum Gasteiger partial charge on any atom is -0.325 e. The standard InChI is InChI=1S/C24H36N4/c1-18(14-15-22-20(3)13-10-16-24(22,5)6)11-9-12-19(2)17-21(4)27-23(25-7)28-26-8/h9,11-12,14-15,17H,4,8,10,13,16H2,1-3,5-7H3,(H2,25,27,28)/b12-9+,15-14+,18-11+,19-17+. The van der Waals surface area contributed by atoms with Crippen LogP contribution in [-0.4, -0.2) is 19.7 Å². The molecule has 2 N–H and O–H groups in total. The molecule has 0 saturated heterocycles. The molecule has 0 atom stereocenters. The lowest BCUT2D eigenvalue weighted by Gasteiger charge is -2.32. The number of hydrazone groups is 1. The van der Waals surface area contributed by atoms with Gasteiger partial charge >= 0.3 is 0 Å². The van der Waals surface area contributed by atoms with Crippen LogP contribution in [0.25, 0.3) is 0 Å². The average Bonchev–Trinajstić information content (AvgIpc) is 2.60. The van der Waals surface area contributed by atoms with Crippen molar-refractivity contribution in [2.24, 2.45) is 15.5 Å². The van der Waals surface area contributed by atoms with Gasteiger partial charge in [0.25, 0.3) is 0 Å². The van der Waals surface area contributed by atoms with Crippen LogP contribution in [0.1, 0.15) is 53.9 Å². The summed E-state index contributed by atoms with van der Waals surface area (Å²) in [6, 6.07) is 0. The van der Waals surface area contributed by atoms with E-state index >= 15 is 0 Å². The lowest BCUT2D eigenvalue weighted by molar-refractivity contribution is 0.377. The molecule has 28 heavy (non-hydrogen) atoms. The average molecular weight is 381 g/mol. The van der Waals surface area contributed by atoms with Gasteiger partial charge in [0.15, 0.2) is 0 Å². The number of hydrogen-bond acceptors (Lipinski definition) is 2. The van der Waals surface area contributed by atoms with Crippen LogP contribution < -0.4 is 10.7 Å². The van der Waals surface area contributed by atoms with Crippen LogP contribution in [-0.2, 0) is 0 Å². The molecule has 1 rings (SSSR count). The van der Waals surface area contributed by atoms with E-state index in [1.54, 1.807) is 7.05 Å². The fraction of sp³-hybridized carbons (Fsp3) is 0.417. The van der Waals surface area contributed by atoms with Gasteiger partial charge in [0, 0.05) is 19.5 Å². The largest absolute Gasteiger partial charge is 0.325 e. The first kappa shape index (κ1) is 23.4. The molecule has 0 amide bonds. The fourth-order valence-electron chi connectivity index (χ4n) is 3.35. The van der Waals surface area contributed by atoms with Crippen molar-refractivity contribution < 1.29 is 0 Å². The Balaban J connectivity index is 2.72. The topological polar surface area (TPSA) is 48.8 Å². The van der Waals surface area contributed by atoms with E-state index < -0.39 is 0 Å². The molecule has 0 aromatic heterocycles. The van der Waals surface area contributed by atoms with Crippen molar-refractivity contribution in [2.45, 2.75) is 53.9 Å². The number of nitrogens with zero attached hydrogens (tertiary/aromatic N) is 2. The van der Waals surface area contributed by atoms with Crippen molar-refractivity contribution in [3.8, 4) is 0 Å². The van der Waals surface area contributed by atoms with Crippen LogP contribution in [0.2, 0.25) is 0 Å². The summed E-state index contributed by atoms with van der Waals surface area (Å²) in [5, 5.41) is 6.62. The maximum absolute atomic E-state index is 4.02. The van der Waals surface area contributed by atoms with Gasteiger partial charge in [0.2, 0.25) is 5.96 Å². The highest BCUT2D eigenvalue weighted by Gasteiger charge is 2.26. The summed E-state index contributed by atoms with van der Waals surface area (Å²) in [5.41, 5.74) is 8.99. The molecule has 0 bridgehead atoms. The van der Waals surface area contributed by atoms with Crippen molar-refractivity contribution in [3.63, 3.8) is 0 Å². The Labute approximate surface area is 171 Å². The summed E-state index contributed by atoms with van der Waals surface area (Å²) in [5.74, 6) is 0.504. The molecule has 0 aromatic carbocycles. The van der Waals surface area contributed by atoms with Crippen molar-refractivity contribution in [2.75, 3.05) is 7.05 Å². The first-order valence-corrected chi connectivity index (χ1v) is 9.75. The smallest absolute Gasteiger partial charge is 0.216 e. The number of guanidine groups is 1. The molecule has 0 saturated carbocycles. The van der Waals surface area contributed by atoms with Crippen LogP contribution >= 0.6 is 0 Å². The third kappa shape index (κ3) is 7.95. The van der Waals surface area contributed by atoms with Gasteiger partial charge < -0.3 is 5.32 Å². The van der Waals surface area contributed by atoms with Crippen LogP contribution in [0.15, 0.2) is 81.1 Å². The molecule has 0 aliphatic heterocycles. The zero-order chi connectivity index (χ0) is 21.2. The second-order valence-electron chi connectivity index (χ2n) is 7.92. The van der Waals surface area contributed by atoms with Crippen LogP contribution in [0.4, 0.5) is 0 Å². The molecule has 152 valence electrons. The number of nitrogens with one attached hydrogen (secondary N) is 2. The first-order chi connectivity index (χ1) is 13.2. The Morgan fingerprint density at radius 2 is 1.89 bits per heavy atom. The Bertz CT molecular complexity index is 755. The summed E-state index contributed by atoms with van der Waals surface area (Å²) in [6.45, 7) is 18.5. The summed E-state index contributed by atoms with van der Waals surface area (Å²) in [7, 11) is 1.66. The maximum atomic E-state index is 4.02. The van der Waals surface area contributed by atoms with Gasteiger partial charge in [-0.15, -0.1) is 0 Å². The van der Waals surface area contributed by atoms with E-state index in [-0.39, 0.29) is 5.41 Å². The van der Waals surface area contributed by atoms with Crippen molar-refractivity contribution in [1.29, 1.82) is 0 Å². The van der Waals surface area contributed by atoms with E-state index in [1.807, 2.05) is 13.0 Å².